The number of thioether (sulfide) groups is 1. The van der Waals surface area contributed by atoms with Crippen LogP contribution < -0.4 is 16.4 Å². The van der Waals surface area contributed by atoms with Gasteiger partial charge in [0.15, 0.2) is 0 Å². The summed E-state index contributed by atoms with van der Waals surface area (Å²) >= 11 is 1.61. The molecule has 0 radical (unpaired) electrons. The molecular weight excluding hydrogens is 286 g/mol. The van der Waals surface area contributed by atoms with Gasteiger partial charge in [-0.25, -0.2) is 4.79 Å². The summed E-state index contributed by atoms with van der Waals surface area (Å²) in [6.07, 6.45) is 2.49. The van der Waals surface area contributed by atoms with Crippen LogP contribution in [0.15, 0.2) is 24.3 Å². The zero-order chi connectivity index (χ0) is 15.8. The summed E-state index contributed by atoms with van der Waals surface area (Å²) < 4.78 is 0. The highest BCUT2D eigenvalue weighted by Gasteiger charge is 2.19. The van der Waals surface area contributed by atoms with Crippen molar-refractivity contribution in [2.75, 3.05) is 17.3 Å². The molecule has 1 aromatic carbocycles. The summed E-state index contributed by atoms with van der Waals surface area (Å²) in [5.74, 6) is 0.909. The van der Waals surface area contributed by atoms with E-state index >= 15 is 0 Å². The van der Waals surface area contributed by atoms with Gasteiger partial charge in [0.05, 0.1) is 0 Å². The molecule has 1 aromatic rings. The number of rotatable bonds is 7. The Bertz CT molecular complexity index is 492. The number of carbonyl (C=O) groups is 2. The molecule has 0 saturated heterocycles. The van der Waals surface area contributed by atoms with Crippen LogP contribution in [-0.4, -0.2) is 30.0 Å². The summed E-state index contributed by atoms with van der Waals surface area (Å²) in [6.45, 7) is 4.19. The molecule has 6 heteroatoms. The maximum Gasteiger partial charge on any atom is 0.312 e. The van der Waals surface area contributed by atoms with Crippen LogP contribution in [0, 0.1) is 0 Å². The molecule has 3 amide bonds. The van der Waals surface area contributed by atoms with Gasteiger partial charge in [0.2, 0.25) is 5.91 Å². The van der Waals surface area contributed by atoms with E-state index in [2.05, 4.69) is 24.5 Å². The van der Waals surface area contributed by atoms with Crippen LogP contribution in [0.5, 0.6) is 0 Å². The highest BCUT2D eigenvalue weighted by Crippen LogP contribution is 2.18. The van der Waals surface area contributed by atoms with Gasteiger partial charge in [-0.15, -0.1) is 0 Å². The standard InChI is InChI=1S/C15H23N3O2S/c1-10(2)11-5-4-6-12(9-11)17-14(19)13(7-8-21-3)18-15(16)20/h4-6,9-10,13H,7-8H2,1-3H3,(H,17,19)(H3,16,18,20). The molecule has 4 N–H and O–H groups in total. The van der Waals surface area contributed by atoms with Crippen molar-refractivity contribution < 1.29 is 9.59 Å². The Kier molecular flexibility index (Phi) is 7.08. The third-order valence-corrected chi connectivity index (χ3v) is 3.71. The van der Waals surface area contributed by atoms with Gasteiger partial charge in [0, 0.05) is 5.69 Å². The van der Waals surface area contributed by atoms with Crippen molar-refractivity contribution in [2.45, 2.75) is 32.2 Å². The Morgan fingerprint density at radius 3 is 2.62 bits per heavy atom. The normalized spacial score (nSPS) is 12.0. The van der Waals surface area contributed by atoms with Crippen molar-refractivity contribution in [3.63, 3.8) is 0 Å². The molecule has 1 rings (SSSR count). The number of nitrogens with one attached hydrogen (secondary N) is 2. The number of amides is 3. The predicted octanol–water partition coefficient (Wildman–Crippen LogP) is 2.54. The van der Waals surface area contributed by atoms with E-state index in [9.17, 15) is 9.59 Å². The fourth-order valence-corrected chi connectivity index (χ4v) is 2.35. The van der Waals surface area contributed by atoms with Gasteiger partial charge in [0.25, 0.3) is 0 Å². The number of hydrogen-bond donors (Lipinski definition) is 3. The van der Waals surface area contributed by atoms with Gasteiger partial charge >= 0.3 is 6.03 Å². The molecule has 5 nitrogen and oxygen atoms in total. The van der Waals surface area contributed by atoms with E-state index in [1.54, 1.807) is 11.8 Å². The first-order chi connectivity index (χ1) is 9.93. The average Bonchev–Trinajstić information content (AvgIpc) is 2.43. The summed E-state index contributed by atoms with van der Waals surface area (Å²) in [5.41, 5.74) is 7.00. The molecule has 1 atom stereocenters. The van der Waals surface area contributed by atoms with E-state index < -0.39 is 12.1 Å². The molecule has 0 saturated carbocycles. The van der Waals surface area contributed by atoms with Crippen molar-refractivity contribution in [3.8, 4) is 0 Å². The van der Waals surface area contributed by atoms with Crippen LogP contribution in [0.2, 0.25) is 0 Å². The first-order valence-corrected chi connectivity index (χ1v) is 8.29. The minimum absolute atomic E-state index is 0.247. The maximum absolute atomic E-state index is 12.2. The van der Waals surface area contributed by atoms with Gasteiger partial charge in [-0.1, -0.05) is 26.0 Å². The van der Waals surface area contributed by atoms with E-state index in [1.165, 1.54) is 0 Å². The lowest BCUT2D eigenvalue weighted by Crippen LogP contribution is -2.46. The molecule has 0 aliphatic heterocycles. The molecule has 1 unspecified atom stereocenters. The van der Waals surface area contributed by atoms with Crippen molar-refractivity contribution in [1.82, 2.24) is 5.32 Å². The Morgan fingerprint density at radius 2 is 2.05 bits per heavy atom. The Balaban J connectivity index is 2.75. The van der Waals surface area contributed by atoms with Crippen LogP contribution in [0.25, 0.3) is 0 Å². The second-order valence-electron chi connectivity index (χ2n) is 5.11. The van der Waals surface area contributed by atoms with Gasteiger partial charge in [0.1, 0.15) is 6.04 Å². The monoisotopic (exact) mass is 309 g/mol. The molecular formula is C15H23N3O2S. The lowest BCUT2D eigenvalue weighted by Gasteiger charge is -2.17. The Labute approximate surface area is 130 Å². The first-order valence-electron chi connectivity index (χ1n) is 6.89. The number of primary amides is 1. The summed E-state index contributed by atoms with van der Waals surface area (Å²) in [6, 6.07) is 6.40. The lowest BCUT2D eigenvalue weighted by atomic mass is 10.0. The predicted molar refractivity (Wildman–Crippen MR) is 88.7 cm³/mol. The van der Waals surface area contributed by atoms with Gasteiger partial charge < -0.3 is 16.4 Å². The minimum atomic E-state index is -0.688. The van der Waals surface area contributed by atoms with E-state index in [1.807, 2.05) is 30.5 Å². The number of carbonyl (C=O) groups excluding carboxylic acids is 2. The highest BCUT2D eigenvalue weighted by atomic mass is 32.2. The third kappa shape index (κ3) is 6.08. The summed E-state index contributed by atoms with van der Waals surface area (Å²) in [5, 5.41) is 5.32. The van der Waals surface area contributed by atoms with E-state index in [0.717, 1.165) is 17.0 Å². The minimum Gasteiger partial charge on any atom is -0.352 e. The van der Waals surface area contributed by atoms with Gasteiger partial charge in [-0.3, -0.25) is 4.79 Å². The van der Waals surface area contributed by atoms with Crippen LogP contribution in [0.3, 0.4) is 0 Å². The average molecular weight is 309 g/mol. The number of urea groups is 1. The molecule has 0 heterocycles. The summed E-state index contributed by atoms with van der Waals surface area (Å²) in [7, 11) is 0. The highest BCUT2D eigenvalue weighted by molar-refractivity contribution is 7.98. The molecule has 116 valence electrons. The van der Waals surface area contributed by atoms with E-state index in [-0.39, 0.29) is 5.91 Å². The molecule has 0 aromatic heterocycles. The third-order valence-electron chi connectivity index (χ3n) is 3.06. The Morgan fingerprint density at radius 1 is 1.33 bits per heavy atom. The molecule has 0 bridgehead atoms. The zero-order valence-corrected chi connectivity index (χ0v) is 13.5. The van der Waals surface area contributed by atoms with Crippen molar-refractivity contribution in [3.05, 3.63) is 29.8 Å². The van der Waals surface area contributed by atoms with Gasteiger partial charge in [-0.2, -0.15) is 11.8 Å². The fraction of sp³-hybridized carbons (Fsp3) is 0.467. The smallest absolute Gasteiger partial charge is 0.312 e. The number of nitrogens with two attached hydrogens (primary N) is 1. The van der Waals surface area contributed by atoms with E-state index in [0.29, 0.717) is 12.3 Å². The zero-order valence-electron chi connectivity index (χ0n) is 12.7. The second-order valence-corrected chi connectivity index (χ2v) is 6.10. The lowest BCUT2D eigenvalue weighted by molar-refractivity contribution is -0.117. The van der Waals surface area contributed by atoms with Crippen molar-refractivity contribution >= 4 is 29.4 Å². The van der Waals surface area contributed by atoms with Crippen LogP contribution in [0.4, 0.5) is 10.5 Å². The first kappa shape index (κ1) is 17.4. The second kappa shape index (κ2) is 8.56. The van der Waals surface area contributed by atoms with Crippen molar-refractivity contribution in [1.29, 1.82) is 0 Å². The quantitative estimate of drug-likeness (QED) is 0.723. The number of benzene rings is 1. The molecule has 0 aliphatic rings. The number of anilines is 1. The SMILES string of the molecule is CSCCC(NC(N)=O)C(=O)Nc1cccc(C(C)C)c1. The van der Waals surface area contributed by atoms with Crippen molar-refractivity contribution in [2.24, 2.45) is 5.73 Å². The largest absolute Gasteiger partial charge is 0.352 e. The molecule has 0 fully saturated rings. The molecule has 0 aliphatic carbocycles. The fourth-order valence-electron chi connectivity index (χ4n) is 1.88. The van der Waals surface area contributed by atoms with Crippen LogP contribution in [-0.2, 0) is 4.79 Å². The number of hydrogen-bond acceptors (Lipinski definition) is 3. The van der Waals surface area contributed by atoms with E-state index in [4.69, 9.17) is 5.73 Å². The molecule has 0 spiro atoms. The summed E-state index contributed by atoms with van der Waals surface area (Å²) in [4.78, 5) is 23.2. The maximum atomic E-state index is 12.2. The van der Waals surface area contributed by atoms with Crippen LogP contribution >= 0.6 is 11.8 Å². The van der Waals surface area contributed by atoms with Crippen LogP contribution in [0.1, 0.15) is 31.7 Å². The molecule has 21 heavy (non-hydrogen) atoms. The van der Waals surface area contributed by atoms with Gasteiger partial charge in [-0.05, 0) is 42.0 Å². The topological polar surface area (TPSA) is 84.2 Å². The Hall–Kier alpha value is -1.69.